The number of carbonyl (C=O) groups is 1. The van der Waals surface area contributed by atoms with Crippen molar-refractivity contribution in [2.24, 2.45) is 57.7 Å². The van der Waals surface area contributed by atoms with Gasteiger partial charge in [0.15, 0.2) is 0 Å². The second kappa shape index (κ2) is 8.44. The first-order valence-electron chi connectivity index (χ1n) is 15.1. The van der Waals surface area contributed by atoms with Gasteiger partial charge in [-0.15, -0.1) is 0 Å². The third kappa shape index (κ3) is 3.34. The minimum atomic E-state index is -1.90. The van der Waals surface area contributed by atoms with Crippen LogP contribution in [-0.2, 0) is 9.53 Å². The lowest BCUT2D eigenvalue weighted by atomic mass is 9.45. The molecule has 204 valence electrons. The van der Waals surface area contributed by atoms with Crippen LogP contribution in [0.4, 0.5) is 0 Å². The van der Waals surface area contributed by atoms with Gasteiger partial charge in [-0.1, -0.05) is 66.4 Å². The molecule has 0 radical (unpaired) electrons. The zero-order valence-electron chi connectivity index (χ0n) is 24.7. The van der Waals surface area contributed by atoms with Gasteiger partial charge in [0.05, 0.1) is 19.2 Å². The van der Waals surface area contributed by atoms with Crippen LogP contribution in [0.25, 0.3) is 0 Å². The predicted molar refractivity (Wildman–Crippen MR) is 151 cm³/mol. The Kier molecular flexibility index (Phi) is 6.32. The summed E-state index contributed by atoms with van der Waals surface area (Å²) in [5, 5.41) is 9.52. The van der Waals surface area contributed by atoms with Crippen molar-refractivity contribution in [1.29, 1.82) is 0 Å². The van der Waals surface area contributed by atoms with E-state index >= 15 is 0 Å². The van der Waals surface area contributed by atoms with Crippen LogP contribution in [0.2, 0.25) is 24.7 Å². The normalized spacial score (nSPS) is 48.9. The van der Waals surface area contributed by atoms with Crippen LogP contribution in [0.3, 0.4) is 0 Å². The second-order valence-electron chi connectivity index (χ2n) is 15.8. The zero-order valence-corrected chi connectivity index (χ0v) is 25.7. The highest BCUT2D eigenvalue weighted by atomic mass is 28.3. The predicted octanol–water partition coefficient (Wildman–Crippen LogP) is 8.28. The topological polar surface area (TPSA) is 46.5 Å². The molecular formula is C32H54O3Si. The molecule has 5 rings (SSSR count). The van der Waals surface area contributed by atoms with E-state index in [4.69, 9.17) is 4.74 Å². The van der Waals surface area contributed by atoms with Crippen molar-refractivity contribution in [3.8, 4) is 0 Å². The summed E-state index contributed by atoms with van der Waals surface area (Å²) in [6.45, 7) is 18.4. The van der Waals surface area contributed by atoms with E-state index in [9.17, 15) is 9.90 Å². The molecule has 0 amide bonds. The Morgan fingerprint density at radius 2 is 1.75 bits per heavy atom. The standard InChI is InChI=1S/C32H54O3Si/c1-20(10-11-21(2)31(5,28(33)34)36(7,8)9)24-12-13-25-23-18-27(35-6)32-19-22(32)14-17-30(32,4)26(23)15-16-29(24,25)3/h10-11,20-27H,12-19H2,1-9H3,(H,33,34)/b11-10+/t20-,21-,22-,23+,24-,25+,26+,27-,29-,30-,31+,32+/m1/s1. The molecule has 0 unspecified atom stereocenters. The molecule has 5 aliphatic rings. The van der Waals surface area contributed by atoms with Crippen LogP contribution in [0.5, 0.6) is 0 Å². The fourth-order valence-electron chi connectivity index (χ4n) is 11.3. The van der Waals surface area contributed by atoms with Crippen LogP contribution >= 0.6 is 0 Å². The summed E-state index contributed by atoms with van der Waals surface area (Å²) in [6.07, 6.45) is 16.3. The average Bonchev–Trinajstić information content (AvgIpc) is 3.31. The van der Waals surface area contributed by atoms with Gasteiger partial charge in [0.2, 0.25) is 0 Å². The summed E-state index contributed by atoms with van der Waals surface area (Å²) in [5.74, 6) is 4.12. The summed E-state index contributed by atoms with van der Waals surface area (Å²) >= 11 is 0. The van der Waals surface area contributed by atoms with Gasteiger partial charge in [-0.05, 0) is 104 Å². The Bertz CT molecular complexity index is 923. The molecule has 4 heteroatoms. The van der Waals surface area contributed by atoms with E-state index in [1.165, 1.54) is 51.4 Å². The maximum Gasteiger partial charge on any atom is 0.307 e. The van der Waals surface area contributed by atoms with Gasteiger partial charge < -0.3 is 9.84 Å². The van der Waals surface area contributed by atoms with E-state index in [2.05, 4.69) is 59.5 Å². The summed E-state index contributed by atoms with van der Waals surface area (Å²) in [7, 11) is 0.0962. The Balaban J connectivity index is 1.35. The van der Waals surface area contributed by atoms with Gasteiger partial charge in [-0.2, -0.15) is 0 Å². The fraction of sp³-hybridized carbons (Fsp3) is 0.906. The largest absolute Gasteiger partial charge is 0.481 e. The highest BCUT2D eigenvalue weighted by Gasteiger charge is 2.77. The minimum Gasteiger partial charge on any atom is -0.481 e. The van der Waals surface area contributed by atoms with Gasteiger partial charge >= 0.3 is 5.97 Å². The van der Waals surface area contributed by atoms with Gasteiger partial charge in [0.1, 0.15) is 0 Å². The number of carboxylic acids is 1. The maximum absolute atomic E-state index is 12.4. The van der Waals surface area contributed by atoms with Gasteiger partial charge in [0, 0.05) is 12.5 Å². The molecule has 0 aliphatic heterocycles. The molecule has 5 fully saturated rings. The summed E-state index contributed by atoms with van der Waals surface area (Å²) in [6, 6.07) is 0. The monoisotopic (exact) mass is 514 g/mol. The Morgan fingerprint density at radius 3 is 2.33 bits per heavy atom. The zero-order chi connectivity index (χ0) is 26.5. The first-order chi connectivity index (χ1) is 16.7. The number of carboxylic acid groups (broad SMARTS) is 1. The van der Waals surface area contributed by atoms with Crippen LogP contribution < -0.4 is 0 Å². The number of aliphatic carboxylic acids is 1. The van der Waals surface area contributed by atoms with Crippen molar-refractivity contribution in [2.45, 2.75) is 117 Å². The molecule has 1 N–H and O–H groups in total. The number of hydrogen-bond donors (Lipinski definition) is 1. The van der Waals surface area contributed by atoms with Gasteiger partial charge in [-0.3, -0.25) is 4.79 Å². The number of rotatable bonds is 7. The second-order valence-corrected chi connectivity index (χ2v) is 21.3. The lowest BCUT2D eigenvalue weighted by Gasteiger charge is -2.61. The highest BCUT2D eigenvalue weighted by Crippen LogP contribution is 2.82. The highest BCUT2D eigenvalue weighted by molar-refractivity contribution is 6.82. The third-order valence-corrected chi connectivity index (χ3v) is 17.9. The van der Waals surface area contributed by atoms with Crippen molar-refractivity contribution in [1.82, 2.24) is 0 Å². The number of methoxy groups -OCH3 is 1. The van der Waals surface area contributed by atoms with Crippen molar-refractivity contribution < 1.29 is 14.6 Å². The van der Waals surface area contributed by atoms with Gasteiger partial charge in [0.25, 0.3) is 0 Å². The van der Waals surface area contributed by atoms with Crippen molar-refractivity contribution in [3.05, 3.63) is 12.2 Å². The molecule has 36 heavy (non-hydrogen) atoms. The molecule has 5 aliphatic carbocycles. The Hall–Kier alpha value is -0.613. The quantitative estimate of drug-likeness (QED) is 0.275. The number of fused-ring (bicyclic) bond motifs is 4. The summed E-state index contributed by atoms with van der Waals surface area (Å²) < 4.78 is 6.31. The first-order valence-corrected chi connectivity index (χ1v) is 18.6. The van der Waals surface area contributed by atoms with Crippen LogP contribution in [0.15, 0.2) is 12.2 Å². The van der Waals surface area contributed by atoms with E-state index in [0.29, 0.717) is 34.2 Å². The van der Waals surface area contributed by atoms with Crippen molar-refractivity contribution in [2.75, 3.05) is 7.11 Å². The molecule has 0 saturated heterocycles. The fourth-order valence-corrected chi connectivity index (χ4v) is 13.5. The summed E-state index contributed by atoms with van der Waals surface area (Å²) in [4.78, 5) is 12.4. The van der Waals surface area contributed by atoms with E-state index in [1.54, 1.807) is 0 Å². The van der Waals surface area contributed by atoms with E-state index in [1.807, 2.05) is 14.0 Å². The molecule has 5 saturated carbocycles. The lowest BCUT2D eigenvalue weighted by molar-refractivity contribution is -0.160. The maximum atomic E-state index is 12.4. The molecule has 12 atom stereocenters. The first kappa shape index (κ1) is 27.0. The van der Waals surface area contributed by atoms with E-state index in [-0.39, 0.29) is 5.92 Å². The molecule has 0 heterocycles. The molecular weight excluding hydrogens is 460 g/mol. The van der Waals surface area contributed by atoms with Crippen LogP contribution in [-0.4, -0.2) is 32.4 Å². The van der Waals surface area contributed by atoms with E-state index < -0.39 is 19.1 Å². The lowest BCUT2D eigenvalue weighted by Crippen LogP contribution is -2.57. The van der Waals surface area contributed by atoms with Crippen molar-refractivity contribution in [3.63, 3.8) is 0 Å². The Morgan fingerprint density at radius 1 is 1.06 bits per heavy atom. The number of allylic oxidation sites excluding steroid dienone is 2. The van der Waals surface area contributed by atoms with Crippen molar-refractivity contribution >= 4 is 14.0 Å². The molecule has 3 nitrogen and oxygen atoms in total. The average molecular weight is 515 g/mol. The molecule has 0 aromatic carbocycles. The molecule has 1 spiro atoms. The van der Waals surface area contributed by atoms with Gasteiger partial charge in [-0.25, -0.2) is 0 Å². The summed E-state index contributed by atoms with van der Waals surface area (Å²) in [5.41, 5.74) is 1.41. The smallest absolute Gasteiger partial charge is 0.307 e. The molecule has 0 aromatic heterocycles. The number of ether oxygens (including phenoxy) is 1. The van der Waals surface area contributed by atoms with Crippen LogP contribution in [0, 0.1) is 57.7 Å². The molecule has 0 bridgehead atoms. The Labute approximate surface area is 222 Å². The minimum absolute atomic E-state index is 0.0515. The third-order valence-electron chi connectivity index (χ3n) is 14.2. The van der Waals surface area contributed by atoms with Crippen LogP contribution in [0.1, 0.15) is 86.0 Å². The SMILES string of the molecule is CO[C@@H]1C[C@H]2[C@@H]3CC[C@H]([C@H](C)/C=C/[C@@H](C)[C@@](C)(C(=O)O)[Si](C)(C)C)[C@@]3(C)CC[C@@H]2[C@@]2(C)CC[C@@H]3C[C@]312. The molecule has 0 aromatic rings. The van der Waals surface area contributed by atoms with E-state index in [0.717, 1.165) is 23.7 Å². The number of hydrogen-bond acceptors (Lipinski definition) is 2.